The van der Waals surface area contributed by atoms with Crippen molar-refractivity contribution in [1.29, 1.82) is 0 Å². The van der Waals surface area contributed by atoms with Gasteiger partial charge in [-0.2, -0.15) is 0 Å². The number of sulfonamides is 1. The Balaban J connectivity index is 1.57. The molecule has 0 aliphatic heterocycles. The predicted octanol–water partition coefficient (Wildman–Crippen LogP) is 2.39. The molecule has 1 aliphatic carbocycles. The number of hydrogen-bond acceptors (Lipinski definition) is 4. The summed E-state index contributed by atoms with van der Waals surface area (Å²) < 4.78 is 27.3. The smallest absolute Gasteiger partial charge is 0.240 e. The summed E-state index contributed by atoms with van der Waals surface area (Å²) in [5.74, 6) is -0.00947. The average molecular weight is 390 g/mol. The maximum absolute atomic E-state index is 12.4. The van der Waals surface area contributed by atoms with Crippen molar-refractivity contribution < 1.29 is 13.2 Å². The largest absolute Gasteiger partial charge is 0.332 e. The molecule has 0 unspecified atom stereocenters. The number of rotatable bonds is 6. The monoisotopic (exact) mass is 389 g/mol. The third kappa shape index (κ3) is 5.10. The van der Waals surface area contributed by atoms with Gasteiger partial charge in [0, 0.05) is 18.2 Å². The molecule has 0 aromatic heterocycles. The van der Waals surface area contributed by atoms with E-state index in [1.807, 2.05) is 30.3 Å². The van der Waals surface area contributed by atoms with E-state index in [0.717, 1.165) is 18.4 Å². The van der Waals surface area contributed by atoms with Gasteiger partial charge in [-0.05, 0) is 54.9 Å². The van der Waals surface area contributed by atoms with Gasteiger partial charge in [0.1, 0.15) is 0 Å². The van der Waals surface area contributed by atoms with Crippen LogP contribution in [-0.4, -0.2) is 19.4 Å². The molecule has 1 saturated carbocycles. The molecule has 1 aliphatic rings. The molecule has 1 amide bonds. The average Bonchev–Trinajstić information content (AvgIpc) is 3.46. The number of carbonyl (C=O) groups is 1. The highest BCUT2D eigenvalue weighted by Gasteiger charge is 2.30. The van der Waals surface area contributed by atoms with Gasteiger partial charge in [0.2, 0.25) is 15.9 Å². The minimum Gasteiger partial charge on any atom is -0.332 e. The number of carbonyl (C=O) groups excluding carboxylic acids is 1. The van der Waals surface area contributed by atoms with Crippen LogP contribution in [0.1, 0.15) is 18.4 Å². The van der Waals surface area contributed by atoms with Crippen molar-refractivity contribution in [3.63, 3.8) is 0 Å². The summed E-state index contributed by atoms with van der Waals surface area (Å²) in [4.78, 5) is 11.8. The standard InChI is InChI=1S/C18H19N3O3S2/c22-17(14-6-7-14)21-18(25)20-15-8-10-16(11-9-15)26(23,24)19-12-13-4-2-1-3-5-13/h1-5,8-11,14,19H,6-7,12H2,(H2,20,21,22,25). The van der Waals surface area contributed by atoms with Crippen molar-refractivity contribution in [2.45, 2.75) is 24.3 Å². The molecule has 2 aromatic carbocycles. The molecular weight excluding hydrogens is 370 g/mol. The number of anilines is 1. The van der Waals surface area contributed by atoms with E-state index in [-0.39, 0.29) is 28.4 Å². The second kappa shape index (κ2) is 7.94. The lowest BCUT2D eigenvalue weighted by Gasteiger charge is -2.10. The van der Waals surface area contributed by atoms with Gasteiger partial charge in [-0.25, -0.2) is 13.1 Å². The summed E-state index contributed by atoms with van der Waals surface area (Å²) in [6, 6.07) is 15.5. The van der Waals surface area contributed by atoms with E-state index in [1.54, 1.807) is 12.1 Å². The number of benzene rings is 2. The van der Waals surface area contributed by atoms with Crippen molar-refractivity contribution in [2.75, 3.05) is 5.32 Å². The zero-order valence-corrected chi connectivity index (χ0v) is 15.6. The molecule has 0 atom stereocenters. The van der Waals surface area contributed by atoms with E-state index in [2.05, 4.69) is 15.4 Å². The molecule has 0 spiro atoms. The van der Waals surface area contributed by atoms with Crippen molar-refractivity contribution in [3.8, 4) is 0 Å². The van der Waals surface area contributed by atoms with Crippen molar-refractivity contribution in [3.05, 3.63) is 60.2 Å². The molecular formula is C18H19N3O3S2. The Labute approximate surface area is 158 Å². The quantitative estimate of drug-likeness (QED) is 0.661. The van der Waals surface area contributed by atoms with E-state index in [1.165, 1.54) is 12.1 Å². The Hall–Kier alpha value is -2.29. The molecule has 0 bridgehead atoms. The Morgan fingerprint density at radius 2 is 1.69 bits per heavy atom. The van der Waals surface area contributed by atoms with Crippen LogP contribution in [0.25, 0.3) is 0 Å². The molecule has 2 aromatic rings. The van der Waals surface area contributed by atoms with E-state index in [9.17, 15) is 13.2 Å². The maximum atomic E-state index is 12.4. The number of hydrogen-bond donors (Lipinski definition) is 3. The third-order valence-electron chi connectivity index (χ3n) is 3.92. The third-order valence-corrected chi connectivity index (χ3v) is 5.54. The van der Waals surface area contributed by atoms with Gasteiger partial charge in [0.05, 0.1) is 4.90 Å². The first kappa shape index (κ1) is 18.5. The van der Waals surface area contributed by atoms with Crippen molar-refractivity contribution >= 4 is 38.9 Å². The van der Waals surface area contributed by atoms with E-state index < -0.39 is 10.0 Å². The fraction of sp³-hybridized carbons (Fsp3) is 0.222. The first-order valence-corrected chi connectivity index (χ1v) is 10.1. The summed E-state index contributed by atoms with van der Waals surface area (Å²) in [6.45, 7) is 0.223. The lowest BCUT2D eigenvalue weighted by atomic mass is 10.2. The zero-order valence-electron chi connectivity index (χ0n) is 13.9. The Bertz CT molecular complexity index is 893. The molecule has 0 radical (unpaired) electrons. The molecule has 26 heavy (non-hydrogen) atoms. The van der Waals surface area contributed by atoms with Crippen LogP contribution in [0.2, 0.25) is 0 Å². The second-order valence-corrected chi connectivity index (χ2v) is 8.23. The lowest BCUT2D eigenvalue weighted by molar-refractivity contribution is -0.120. The molecule has 0 heterocycles. The number of nitrogens with one attached hydrogen (secondary N) is 3. The fourth-order valence-corrected chi connectivity index (χ4v) is 3.53. The Kier molecular flexibility index (Phi) is 5.65. The zero-order chi connectivity index (χ0) is 18.6. The SMILES string of the molecule is O=C(NC(=S)Nc1ccc(S(=O)(=O)NCc2ccccc2)cc1)C1CC1. The van der Waals surface area contributed by atoms with E-state index >= 15 is 0 Å². The highest BCUT2D eigenvalue weighted by molar-refractivity contribution is 7.89. The van der Waals surface area contributed by atoms with Gasteiger partial charge < -0.3 is 10.6 Å². The van der Waals surface area contributed by atoms with Gasteiger partial charge in [0.15, 0.2) is 5.11 Å². The van der Waals surface area contributed by atoms with Gasteiger partial charge in [-0.3, -0.25) is 4.79 Å². The van der Waals surface area contributed by atoms with Crippen LogP contribution in [0.3, 0.4) is 0 Å². The minimum absolute atomic E-state index is 0.0676. The van der Waals surface area contributed by atoms with E-state index in [0.29, 0.717) is 5.69 Å². The molecule has 3 rings (SSSR count). The van der Waals surface area contributed by atoms with Crippen molar-refractivity contribution in [1.82, 2.24) is 10.0 Å². The topological polar surface area (TPSA) is 87.3 Å². The lowest BCUT2D eigenvalue weighted by Crippen LogP contribution is -2.35. The van der Waals surface area contributed by atoms with E-state index in [4.69, 9.17) is 12.2 Å². The minimum atomic E-state index is -3.61. The van der Waals surface area contributed by atoms with Crippen LogP contribution in [0.5, 0.6) is 0 Å². The summed E-state index contributed by atoms with van der Waals surface area (Å²) in [5.41, 5.74) is 1.49. The summed E-state index contributed by atoms with van der Waals surface area (Å²) in [7, 11) is -3.61. The first-order valence-electron chi connectivity index (χ1n) is 8.19. The molecule has 6 nitrogen and oxygen atoms in total. The summed E-state index contributed by atoms with van der Waals surface area (Å²) >= 11 is 5.09. The predicted molar refractivity (Wildman–Crippen MR) is 104 cm³/mol. The normalized spacial score (nSPS) is 13.8. The molecule has 3 N–H and O–H groups in total. The van der Waals surface area contributed by atoms with Gasteiger partial charge >= 0.3 is 0 Å². The summed E-state index contributed by atoms with van der Waals surface area (Å²) in [5, 5.41) is 5.71. The Morgan fingerprint density at radius 1 is 1.04 bits per heavy atom. The van der Waals surface area contributed by atoms with Crippen molar-refractivity contribution in [2.24, 2.45) is 5.92 Å². The highest BCUT2D eigenvalue weighted by atomic mass is 32.2. The van der Waals surface area contributed by atoms with Crippen LogP contribution in [0.4, 0.5) is 5.69 Å². The van der Waals surface area contributed by atoms with Crippen LogP contribution < -0.4 is 15.4 Å². The van der Waals surface area contributed by atoms with Gasteiger partial charge in [-0.1, -0.05) is 30.3 Å². The van der Waals surface area contributed by atoms with Gasteiger partial charge in [-0.15, -0.1) is 0 Å². The molecule has 1 fully saturated rings. The van der Waals surface area contributed by atoms with Crippen LogP contribution in [0, 0.1) is 5.92 Å². The first-order chi connectivity index (χ1) is 12.4. The highest BCUT2D eigenvalue weighted by Crippen LogP contribution is 2.28. The number of amides is 1. The van der Waals surface area contributed by atoms with Crippen LogP contribution >= 0.6 is 12.2 Å². The molecule has 8 heteroatoms. The second-order valence-electron chi connectivity index (χ2n) is 6.05. The van der Waals surface area contributed by atoms with Gasteiger partial charge in [0.25, 0.3) is 0 Å². The molecule has 136 valence electrons. The number of thiocarbonyl (C=S) groups is 1. The molecule has 0 saturated heterocycles. The van der Waals surface area contributed by atoms with Crippen LogP contribution in [-0.2, 0) is 21.4 Å². The fourth-order valence-electron chi connectivity index (χ4n) is 2.30. The van der Waals surface area contributed by atoms with Crippen LogP contribution in [0.15, 0.2) is 59.5 Å². The Morgan fingerprint density at radius 3 is 2.31 bits per heavy atom. The summed E-state index contributed by atoms with van der Waals surface area (Å²) in [6.07, 6.45) is 1.80. The maximum Gasteiger partial charge on any atom is 0.240 e.